The van der Waals surface area contributed by atoms with E-state index < -0.39 is 0 Å². The Kier molecular flexibility index (Phi) is 4.48. The Morgan fingerprint density at radius 3 is 2.96 bits per heavy atom. The molecular formula is C18H26N2O3. The van der Waals surface area contributed by atoms with Gasteiger partial charge in [-0.3, -0.25) is 0 Å². The first-order chi connectivity index (χ1) is 11.0. The summed E-state index contributed by atoms with van der Waals surface area (Å²) in [5.74, 6) is 1.27. The SMILES string of the molecule is CCOc1ccccc1CNC(=O)N[C@@H]1[C@@H]2CCO[C@H]2C1(C)C. The van der Waals surface area contributed by atoms with Gasteiger partial charge in [-0.25, -0.2) is 4.79 Å². The van der Waals surface area contributed by atoms with Crippen LogP contribution in [0.2, 0.25) is 0 Å². The lowest BCUT2D eigenvalue weighted by molar-refractivity contribution is -0.108. The lowest BCUT2D eigenvalue weighted by Crippen LogP contribution is -2.67. The van der Waals surface area contributed by atoms with Gasteiger partial charge in [-0.2, -0.15) is 0 Å². The number of fused-ring (bicyclic) bond motifs is 1. The summed E-state index contributed by atoms with van der Waals surface area (Å²) in [5.41, 5.74) is 0.987. The minimum Gasteiger partial charge on any atom is -0.494 e. The second-order valence-electron chi connectivity index (χ2n) is 6.91. The van der Waals surface area contributed by atoms with Gasteiger partial charge in [0.25, 0.3) is 0 Å². The third-order valence-electron chi connectivity index (χ3n) is 5.10. The molecule has 2 aliphatic rings. The van der Waals surface area contributed by atoms with E-state index >= 15 is 0 Å². The summed E-state index contributed by atoms with van der Waals surface area (Å²) in [6.07, 6.45) is 1.32. The number of carbonyl (C=O) groups is 1. The fourth-order valence-corrected chi connectivity index (χ4v) is 3.93. The minimum atomic E-state index is -0.125. The third kappa shape index (κ3) is 3.02. The van der Waals surface area contributed by atoms with Crippen molar-refractivity contribution in [3.8, 4) is 5.75 Å². The first-order valence-corrected chi connectivity index (χ1v) is 8.40. The van der Waals surface area contributed by atoms with Crippen LogP contribution in [0.3, 0.4) is 0 Å². The number of ether oxygens (including phenoxy) is 2. The third-order valence-corrected chi connectivity index (χ3v) is 5.10. The van der Waals surface area contributed by atoms with Crippen LogP contribution in [0.5, 0.6) is 5.75 Å². The molecule has 2 N–H and O–H groups in total. The fourth-order valence-electron chi connectivity index (χ4n) is 3.93. The van der Waals surface area contributed by atoms with Crippen LogP contribution in [0.1, 0.15) is 32.8 Å². The quantitative estimate of drug-likeness (QED) is 0.877. The highest BCUT2D eigenvalue weighted by Gasteiger charge is 2.59. The van der Waals surface area contributed by atoms with E-state index in [0.29, 0.717) is 19.1 Å². The van der Waals surface area contributed by atoms with E-state index in [2.05, 4.69) is 24.5 Å². The molecule has 2 amide bonds. The number of hydrogen-bond donors (Lipinski definition) is 2. The van der Waals surface area contributed by atoms with Crippen molar-refractivity contribution in [3.63, 3.8) is 0 Å². The predicted octanol–water partition coefficient (Wildman–Crippen LogP) is 2.70. The molecule has 3 atom stereocenters. The first kappa shape index (κ1) is 16.1. The van der Waals surface area contributed by atoms with Gasteiger partial charge in [0.15, 0.2) is 0 Å². The first-order valence-electron chi connectivity index (χ1n) is 8.40. The van der Waals surface area contributed by atoms with Crippen molar-refractivity contribution in [1.82, 2.24) is 10.6 Å². The summed E-state index contributed by atoms with van der Waals surface area (Å²) < 4.78 is 11.3. The molecule has 5 heteroatoms. The molecule has 1 saturated heterocycles. The normalized spacial score (nSPS) is 27.7. The van der Waals surface area contributed by atoms with Crippen molar-refractivity contribution in [2.24, 2.45) is 11.3 Å². The Morgan fingerprint density at radius 2 is 2.17 bits per heavy atom. The highest BCUT2D eigenvalue weighted by Crippen LogP contribution is 2.52. The highest BCUT2D eigenvalue weighted by atomic mass is 16.5. The van der Waals surface area contributed by atoms with E-state index in [9.17, 15) is 4.79 Å². The van der Waals surface area contributed by atoms with Gasteiger partial charge in [-0.15, -0.1) is 0 Å². The number of amides is 2. The molecule has 0 radical (unpaired) electrons. The van der Waals surface area contributed by atoms with E-state index in [1.165, 1.54) is 0 Å². The monoisotopic (exact) mass is 318 g/mol. The molecule has 0 bridgehead atoms. The molecule has 1 heterocycles. The van der Waals surface area contributed by atoms with Gasteiger partial charge in [0.1, 0.15) is 5.75 Å². The Hall–Kier alpha value is -1.75. The molecule has 1 aliphatic carbocycles. The number of carbonyl (C=O) groups excluding carboxylic acids is 1. The Bertz CT molecular complexity index is 573. The van der Waals surface area contributed by atoms with Crippen molar-refractivity contribution in [2.45, 2.75) is 45.9 Å². The molecule has 0 spiro atoms. The van der Waals surface area contributed by atoms with Crippen LogP contribution >= 0.6 is 0 Å². The zero-order chi connectivity index (χ0) is 16.4. The molecule has 1 aromatic rings. The van der Waals surface area contributed by atoms with Crippen LogP contribution in [0.25, 0.3) is 0 Å². The van der Waals surface area contributed by atoms with Gasteiger partial charge in [0.2, 0.25) is 0 Å². The maximum absolute atomic E-state index is 12.3. The number of benzene rings is 1. The van der Waals surface area contributed by atoms with Crippen LogP contribution in [0.4, 0.5) is 4.79 Å². The number of rotatable bonds is 5. The van der Waals surface area contributed by atoms with Gasteiger partial charge in [-0.1, -0.05) is 32.0 Å². The van der Waals surface area contributed by atoms with Gasteiger partial charge in [0.05, 0.1) is 12.7 Å². The number of nitrogens with one attached hydrogen (secondary N) is 2. The van der Waals surface area contributed by atoms with Crippen LogP contribution in [0, 0.1) is 11.3 Å². The Balaban J connectivity index is 1.54. The Labute approximate surface area is 137 Å². The Morgan fingerprint density at radius 1 is 1.39 bits per heavy atom. The van der Waals surface area contributed by atoms with E-state index in [1.54, 1.807) is 0 Å². The van der Waals surface area contributed by atoms with Crippen molar-refractivity contribution in [3.05, 3.63) is 29.8 Å². The maximum Gasteiger partial charge on any atom is 0.315 e. The summed E-state index contributed by atoms with van der Waals surface area (Å²) >= 11 is 0. The second-order valence-corrected chi connectivity index (χ2v) is 6.91. The van der Waals surface area contributed by atoms with Crippen LogP contribution < -0.4 is 15.4 Å². The standard InChI is InChI=1S/C18H26N2O3/c1-4-22-14-8-6-5-7-12(14)11-19-17(21)20-15-13-9-10-23-16(13)18(15,2)3/h5-8,13,15-16H,4,9-11H2,1-3H3,(H2,19,20,21)/t13-,15+,16+/m0/s1. The summed E-state index contributed by atoms with van der Waals surface area (Å²) in [5, 5.41) is 6.07. The molecule has 23 heavy (non-hydrogen) atoms. The van der Waals surface area contributed by atoms with Crippen molar-refractivity contribution in [1.29, 1.82) is 0 Å². The largest absolute Gasteiger partial charge is 0.494 e. The van der Waals surface area contributed by atoms with Gasteiger partial charge in [0, 0.05) is 36.1 Å². The number of urea groups is 1. The lowest BCUT2D eigenvalue weighted by atomic mass is 9.57. The lowest BCUT2D eigenvalue weighted by Gasteiger charge is -2.54. The molecular weight excluding hydrogens is 292 g/mol. The van der Waals surface area contributed by atoms with Gasteiger partial charge < -0.3 is 20.1 Å². The van der Waals surface area contributed by atoms with E-state index in [0.717, 1.165) is 24.3 Å². The number of hydrogen-bond acceptors (Lipinski definition) is 3. The summed E-state index contributed by atoms with van der Waals surface area (Å²) in [4.78, 5) is 12.3. The zero-order valence-electron chi connectivity index (χ0n) is 14.1. The van der Waals surface area contributed by atoms with Crippen molar-refractivity contribution < 1.29 is 14.3 Å². The summed E-state index contributed by atoms with van der Waals surface area (Å²) in [6, 6.07) is 7.84. The van der Waals surface area contributed by atoms with E-state index in [4.69, 9.17) is 9.47 Å². The molecule has 0 aromatic heterocycles. The number of para-hydroxylation sites is 1. The van der Waals surface area contributed by atoms with Crippen LogP contribution in [-0.2, 0) is 11.3 Å². The van der Waals surface area contributed by atoms with Crippen LogP contribution in [-0.4, -0.2) is 31.4 Å². The maximum atomic E-state index is 12.3. The van der Waals surface area contributed by atoms with Crippen molar-refractivity contribution in [2.75, 3.05) is 13.2 Å². The molecule has 1 saturated carbocycles. The molecule has 5 nitrogen and oxygen atoms in total. The summed E-state index contributed by atoms with van der Waals surface area (Å²) in [7, 11) is 0. The molecule has 3 rings (SSSR count). The highest BCUT2D eigenvalue weighted by molar-refractivity contribution is 5.74. The molecule has 0 unspecified atom stereocenters. The second kappa shape index (κ2) is 6.40. The average molecular weight is 318 g/mol. The molecule has 2 fully saturated rings. The minimum absolute atomic E-state index is 0.00172. The molecule has 1 aromatic carbocycles. The van der Waals surface area contributed by atoms with Crippen molar-refractivity contribution >= 4 is 6.03 Å². The predicted molar refractivity (Wildman–Crippen MR) is 88.4 cm³/mol. The van der Waals surface area contributed by atoms with E-state index in [1.807, 2.05) is 31.2 Å². The molecule has 126 valence electrons. The smallest absolute Gasteiger partial charge is 0.315 e. The summed E-state index contributed by atoms with van der Waals surface area (Å²) in [6.45, 7) is 8.15. The molecule has 1 aliphatic heterocycles. The average Bonchev–Trinajstić information content (AvgIpc) is 2.99. The van der Waals surface area contributed by atoms with Crippen LogP contribution in [0.15, 0.2) is 24.3 Å². The van der Waals surface area contributed by atoms with E-state index in [-0.39, 0.29) is 23.6 Å². The van der Waals surface area contributed by atoms with Gasteiger partial charge >= 0.3 is 6.03 Å². The zero-order valence-corrected chi connectivity index (χ0v) is 14.1. The topological polar surface area (TPSA) is 59.6 Å². The fraction of sp³-hybridized carbons (Fsp3) is 0.611. The van der Waals surface area contributed by atoms with Gasteiger partial charge in [-0.05, 0) is 19.4 Å².